The predicted octanol–water partition coefficient (Wildman–Crippen LogP) is -0.117. The highest BCUT2D eigenvalue weighted by molar-refractivity contribution is 5.76. The van der Waals surface area contributed by atoms with Crippen LogP contribution in [0.4, 0.5) is 5.82 Å². The van der Waals surface area contributed by atoms with Gasteiger partial charge in [-0.05, 0) is 11.6 Å². The molecule has 6 heteroatoms. The Morgan fingerprint density at radius 1 is 1.42 bits per heavy atom. The number of hydrogen-bond acceptors (Lipinski definition) is 5. The van der Waals surface area contributed by atoms with Crippen LogP contribution in [-0.2, 0) is 16.1 Å². The maximum Gasteiger partial charge on any atom is 0.221 e. The summed E-state index contributed by atoms with van der Waals surface area (Å²) in [6.45, 7) is 4.12. The quantitative estimate of drug-likeness (QED) is 0.775. The van der Waals surface area contributed by atoms with E-state index in [2.05, 4.69) is 15.2 Å². The average molecular weight is 264 g/mol. The Hall–Kier alpha value is -1.66. The van der Waals surface area contributed by atoms with Crippen LogP contribution in [0.25, 0.3) is 0 Å². The molecular weight excluding hydrogens is 244 g/mol. The lowest BCUT2D eigenvalue weighted by atomic mass is 10.2. The zero-order valence-electron chi connectivity index (χ0n) is 11.0. The molecule has 0 bridgehead atoms. The second kappa shape index (κ2) is 7.06. The molecule has 1 aromatic heterocycles. The summed E-state index contributed by atoms with van der Waals surface area (Å²) < 4.78 is 5.31. The molecule has 0 aromatic carbocycles. The number of rotatable bonds is 5. The molecule has 104 valence electrons. The van der Waals surface area contributed by atoms with Gasteiger partial charge in [-0.1, -0.05) is 6.07 Å². The van der Waals surface area contributed by atoms with Crippen LogP contribution in [-0.4, -0.2) is 43.7 Å². The Labute approximate surface area is 112 Å². The summed E-state index contributed by atoms with van der Waals surface area (Å²) in [5.41, 5.74) is 6.30. The van der Waals surface area contributed by atoms with Crippen LogP contribution < -0.4 is 16.0 Å². The van der Waals surface area contributed by atoms with Crippen LogP contribution in [0, 0.1) is 0 Å². The highest BCUT2D eigenvalue weighted by Gasteiger charge is 2.11. The van der Waals surface area contributed by atoms with E-state index in [-0.39, 0.29) is 5.91 Å². The van der Waals surface area contributed by atoms with Gasteiger partial charge in [0, 0.05) is 38.8 Å². The lowest BCUT2D eigenvalue weighted by Gasteiger charge is -2.27. The van der Waals surface area contributed by atoms with Gasteiger partial charge >= 0.3 is 0 Å². The van der Waals surface area contributed by atoms with Crippen molar-refractivity contribution in [3.63, 3.8) is 0 Å². The van der Waals surface area contributed by atoms with Gasteiger partial charge in [0.15, 0.2) is 0 Å². The molecule has 1 saturated heterocycles. The topological polar surface area (TPSA) is 80.5 Å². The van der Waals surface area contributed by atoms with Crippen LogP contribution in [0.2, 0.25) is 0 Å². The van der Waals surface area contributed by atoms with E-state index in [1.807, 2.05) is 12.1 Å². The molecule has 1 fully saturated rings. The van der Waals surface area contributed by atoms with Crippen LogP contribution in [0.15, 0.2) is 18.3 Å². The van der Waals surface area contributed by atoms with E-state index in [1.165, 1.54) is 0 Å². The number of carbonyl (C=O) groups excluding carboxylic acids is 1. The van der Waals surface area contributed by atoms with Gasteiger partial charge in [0.2, 0.25) is 5.91 Å². The van der Waals surface area contributed by atoms with Crippen molar-refractivity contribution in [2.45, 2.75) is 13.0 Å². The van der Waals surface area contributed by atoms with E-state index in [4.69, 9.17) is 10.5 Å². The predicted molar refractivity (Wildman–Crippen MR) is 72.8 cm³/mol. The lowest BCUT2D eigenvalue weighted by Crippen LogP contribution is -2.36. The van der Waals surface area contributed by atoms with Gasteiger partial charge in [0.25, 0.3) is 0 Å². The van der Waals surface area contributed by atoms with E-state index in [0.29, 0.717) is 19.5 Å². The number of pyridine rings is 1. The Balaban J connectivity index is 1.85. The molecule has 6 nitrogen and oxygen atoms in total. The summed E-state index contributed by atoms with van der Waals surface area (Å²) in [6, 6.07) is 3.97. The van der Waals surface area contributed by atoms with Crippen molar-refractivity contribution in [2.24, 2.45) is 5.73 Å². The molecule has 1 aromatic rings. The van der Waals surface area contributed by atoms with Crippen molar-refractivity contribution in [2.75, 3.05) is 37.7 Å². The molecule has 0 spiro atoms. The average Bonchev–Trinajstić information content (AvgIpc) is 2.47. The zero-order chi connectivity index (χ0) is 13.5. The van der Waals surface area contributed by atoms with E-state index >= 15 is 0 Å². The molecule has 2 heterocycles. The minimum Gasteiger partial charge on any atom is -0.378 e. The van der Waals surface area contributed by atoms with E-state index in [9.17, 15) is 4.79 Å². The van der Waals surface area contributed by atoms with Crippen LogP contribution in [0.3, 0.4) is 0 Å². The SMILES string of the molecule is NCCC(=O)NCc1ccc(N2CCOCC2)nc1. The first-order valence-corrected chi connectivity index (χ1v) is 6.54. The standard InChI is InChI=1S/C13H20N4O2/c14-4-3-13(18)16-10-11-1-2-12(15-9-11)17-5-7-19-8-6-17/h1-2,9H,3-8,10,14H2,(H,16,18). The molecule has 1 aliphatic heterocycles. The zero-order valence-corrected chi connectivity index (χ0v) is 11.0. The van der Waals surface area contributed by atoms with Gasteiger partial charge in [-0.2, -0.15) is 0 Å². The number of amides is 1. The van der Waals surface area contributed by atoms with Gasteiger partial charge in [-0.15, -0.1) is 0 Å². The summed E-state index contributed by atoms with van der Waals surface area (Å²) in [7, 11) is 0. The minimum absolute atomic E-state index is 0.0280. The Morgan fingerprint density at radius 2 is 2.21 bits per heavy atom. The molecule has 19 heavy (non-hydrogen) atoms. The maximum atomic E-state index is 11.3. The molecule has 1 aliphatic rings. The smallest absolute Gasteiger partial charge is 0.221 e. The fourth-order valence-electron chi connectivity index (χ4n) is 1.92. The number of anilines is 1. The first kappa shape index (κ1) is 13.8. The number of ether oxygens (including phenoxy) is 1. The normalized spacial score (nSPS) is 15.3. The number of hydrogen-bond donors (Lipinski definition) is 2. The van der Waals surface area contributed by atoms with Crippen molar-refractivity contribution >= 4 is 11.7 Å². The van der Waals surface area contributed by atoms with Crippen molar-refractivity contribution < 1.29 is 9.53 Å². The van der Waals surface area contributed by atoms with Gasteiger partial charge in [-0.3, -0.25) is 4.79 Å². The number of morpholine rings is 1. The molecule has 1 amide bonds. The number of nitrogens with two attached hydrogens (primary N) is 1. The van der Waals surface area contributed by atoms with E-state index in [0.717, 1.165) is 37.7 Å². The number of carbonyl (C=O) groups is 1. The molecule has 0 saturated carbocycles. The maximum absolute atomic E-state index is 11.3. The Morgan fingerprint density at radius 3 is 2.84 bits per heavy atom. The molecule has 0 aliphatic carbocycles. The third-order valence-electron chi connectivity index (χ3n) is 3.01. The van der Waals surface area contributed by atoms with Gasteiger partial charge < -0.3 is 20.7 Å². The van der Waals surface area contributed by atoms with Crippen LogP contribution in [0.5, 0.6) is 0 Å². The molecule has 0 atom stereocenters. The summed E-state index contributed by atoms with van der Waals surface area (Å²) >= 11 is 0. The highest BCUT2D eigenvalue weighted by Crippen LogP contribution is 2.12. The number of nitrogens with one attached hydrogen (secondary N) is 1. The summed E-state index contributed by atoms with van der Waals surface area (Å²) in [6.07, 6.45) is 2.16. The Bertz CT molecular complexity index is 402. The lowest BCUT2D eigenvalue weighted by molar-refractivity contribution is -0.121. The highest BCUT2D eigenvalue weighted by atomic mass is 16.5. The van der Waals surface area contributed by atoms with Crippen LogP contribution in [0.1, 0.15) is 12.0 Å². The van der Waals surface area contributed by atoms with Gasteiger partial charge in [0.1, 0.15) is 5.82 Å². The minimum atomic E-state index is -0.0280. The fraction of sp³-hybridized carbons (Fsp3) is 0.538. The van der Waals surface area contributed by atoms with Crippen molar-refractivity contribution in [3.8, 4) is 0 Å². The molecule has 3 N–H and O–H groups in total. The van der Waals surface area contributed by atoms with Gasteiger partial charge in [0.05, 0.1) is 13.2 Å². The summed E-state index contributed by atoms with van der Waals surface area (Å²) in [5, 5.41) is 2.81. The first-order chi connectivity index (χ1) is 9.29. The summed E-state index contributed by atoms with van der Waals surface area (Å²) in [4.78, 5) is 17.9. The third kappa shape index (κ3) is 4.18. The monoisotopic (exact) mass is 264 g/mol. The first-order valence-electron chi connectivity index (χ1n) is 6.54. The second-order valence-corrected chi connectivity index (χ2v) is 4.44. The molecule has 0 unspecified atom stereocenters. The third-order valence-corrected chi connectivity index (χ3v) is 3.01. The van der Waals surface area contributed by atoms with Crippen molar-refractivity contribution in [1.29, 1.82) is 0 Å². The Kier molecular flexibility index (Phi) is 5.11. The molecule has 0 radical (unpaired) electrons. The largest absolute Gasteiger partial charge is 0.378 e. The van der Waals surface area contributed by atoms with Crippen molar-refractivity contribution in [1.82, 2.24) is 10.3 Å². The molecular formula is C13H20N4O2. The van der Waals surface area contributed by atoms with E-state index in [1.54, 1.807) is 6.20 Å². The fourth-order valence-corrected chi connectivity index (χ4v) is 1.92. The molecule has 2 rings (SSSR count). The second-order valence-electron chi connectivity index (χ2n) is 4.44. The van der Waals surface area contributed by atoms with Gasteiger partial charge in [-0.25, -0.2) is 4.98 Å². The van der Waals surface area contributed by atoms with Crippen LogP contribution >= 0.6 is 0 Å². The summed E-state index contributed by atoms with van der Waals surface area (Å²) in [5.74, 6) is 0.931. The van der Waals surface area contributed by atoms with Crippen molar-refractivity contribution in [3.05, 3.63) is 23.9 Å². The number of nitrogens with zero attached hydrogens (tertiary/aromatic N) is 2. The van der Waals surface area contributed by atoms with E-state index < -0.39 is 0 Å². The number of aromatic nitrogens is 1.